The van der Waals surface area contributed by atoms with E-state index in [0.29, 0.717) is 23.0 Å². The first kappa shape index (κ1) is 11.1. The summed E-state index contributed by atoms with van der Waals surface area (Å²) < 4.78 is 18.2. The number of halogens is 2. The summed E-state index contributed by atoms with van der Waals surface area (Å²) >= 11 is 5.86. The Labute approximate surface area is 97.3 Å². The van der Waals surface area contributed by atoms with Gasteiger partial charge in [-0.1, -0.05) is 0 Å². The number of pyridine rings is 1. The third-order valence-corrected chi connectivity index (χ3v) is 2.30. The Kier molecular flexibility index (Phi) is 2.92. The minimum absolute atomic E-state index is 0.298. The van der Waals surface area contributed by atoms with E-state index in [4.69, 9.17) is 16.0 Å². The summed E-state index contributed by atoms with van der Waals surface area (Å²) in [6, 6.07) is 2.87. The molecule has 2 aromatic heterocycles. The molecule has 0 aliphatic heterocycles. The van der Waals surface area contributed by atoms with Gasteiger partial charge in [0, 0.05) is 0 Å². The van der Waals surface area contributed by atoms with E-state index in [1.807, 2.05) is 0 Å². The van der Waals surface area contributed by atoms with Crippen molar-refractivity contribution in [2.75, 3.05) is 0 Å². The molecular weight excluding hydrogens is 231 g/mol. The van der Waals surface area contributed by atoms with Gasteiger partial charge >= 0.3 is 0 Å². The van der Waals surface area contributed by atoms with Gasteiger partial charge in [0.25, 0.3) is 0 Å². The van der Waals surface area contributed by atoms with Crippen LogP contribution in [-0.4, -0.2) is 9.97 Å². The number of nitrogens with zero attached hydrogens (tertiary/aromatic N) is 2. The molecule has 0 bridgehead atoms. The Bertz CT molecular complexity index is 493. The third-order valence-electron chi connectivity index (χ3n) is 2.11. The van der Waals surface area contributed by atoms with Crippen molar-refractivity contribution >= 4 is 11.6 Å². The van der Waals surface area contributed by atoms with Crippen LogP contribution in [0.5, 0.6) is 0 Å². The molecule has 3 nitrogen and oxygen atoms in total. The molecule has 0 N–H and O–H groups in total. The summed E-state index contributed by atoms with van der Waals surface area (Å²) in [5, 5.41) is -0.298. The van der Waals surface area contributed by atoms with Gasteiger partial charge in [-0.25, -0.2) is 14.4 Å². The third kappa shape index (κ3) is 2.07. The van der Waals surface area contributed by atoms with Gasteiger partial charge in [0.1, 0.15) is 16.9 Å². The molecule has 84 valence electrons. The zero-order valence-corrected chi connectivity index (χ0v) is 9.62. The van der Waals surface area contributed by atoms with Crippen LogP contribution in [0.1, 0.15) is 23.9 Å². The fourth-order valence-corrected chi connectivity index (χ4v) is 1.43. The molecule has 0 radical (unpaired) electrons. The second-order valence-electron chi connectivity index (χ2n) is 3.44. The quantitative estimate of drug-likeness (QED) is 0.755. The maximum atomic E-state index is 12.7. The molecule has 2 aromatic rings. The summed E-state index contributed by atoms with van der Waals surface area (Å²) in [4.78, 5) is 8.11. The molecular formula is C11H10ClFN2O. The van der Waals surface area contributed by atoms with Crippen molar-refractivity contribution in [2.24, 2.45) is 0 Å². The Morgan fingerprint density at radius 2 is 2.19 bits per heavy atom. The van der Waals surface area contributed by atoms with Crippen LogP contribution in [0.15, 0.2) is 22.7 Å². The number of rotatable bonds is 2. The molecule has 2 rings (SSSR count). The van der Waals surface area contributed by atoms with Gasteiger partial charge in [0.05, 0.1) is 11.9 Å². The number of hydrogen-bond acceptors (Lipinski definition) is 3. The van der Waals surface area contributed by atoms with Crippen molar-refractivity contribution in [1.82, 2.24) is 9.97 Å². The molecule has 0 aliphatic carbocycles. The number of aromatic nitrogens is 2. The predicted molar refractivity (Wildman–Crippen MR) is 58.7 cm³/mol. The van der Waals surface area contributed by atoms with Crippen molar-refractivity contribution in [2.45, 2.75) is 19.2 Å². The van der Waals surface area contributed by atoms with E-state index in [0.717, 1.165) is 6.20 Å². The van der Waals surface area contributed by atoms with Crippen molar-refractivity contribution < 1.29 is 8.81 Å². The average molecular weight is 241 g/mol. The molecule has 5 heteroatoms. The first-order valence-electron chi connectivity index (χ1n) is 4.81. The minimum Gasteiger partial charge on any atom is -0.437 e. The van der Waals surface area contributed by atoms with Gasteiger partial charge in [-0.15, -0.1) is 11.6 Å². The van der Waals surface area contributed by atoms with Gasteiger partial charge in [-0.3, -0.25) is 0 Å². The highest BCUT2D eigenvalue weighted by Crippen LogP contribution is 2.27. The lowest BCUT2D eigenvalue weighted by atomic mass is 10.2. The summed E-state index contributed by atoms with van der Waals surface area (Å²) in [5.74, 6) is 0.592. The average Bonchev–Trinajstić information content (AvgIpc) is 2.62. The lowest BCUT2D eigenvalue weighted by molar-refractivity contribution is 0.506. The minimum atomic E-state index is -0.383. The van der Waals surface area contributed by atoms with Crippen LogP contribution in [0, 0.1) is 12.7 Å². The molecule has 16 heavy (non-hydrogen) atoms. The van der Waals surface area contributed by atoms with Crippen molar-refractivity contribution in [1.29, 1.82) is 0 Å². The fraction of sp³-hybridized carbons (Fsp3) is 0.273. The highest BCUT2D eigenvalue weighted by molar-refractivity contribution is 6.20. The van der Waals surface area contributed by atoms with Crippen molar-refractivity contribution in [3.05, 3.63) is 35.7 Å². The van der Waals surface area contributed by atoms with Crippen LogP contribution >= 0.6 is 11.6 Å². The summed E-state index contributed by atoms with van der Waals surface area (Å²) in [6.07, 6.45) is 1.14. The highest BCUT2D eigenvalue weighted by atomic mass is 35.5. The normalized spacial score (nSPS) is 12.8. The van der Waals surface area contributed by atoms with Gasteiger partial charge in [-0.2, -0.15) is 0 Å². The number of hydrogen-bond donors (Lipinski definition) is 0. The lowest BCUT2D eigenvalue weighted by Gasteiger charge is -1.96. The maximum absolute atomic E-state index is 12.7. The van der Waals surface area contributed by atoms with Crippen LogP contribution in [0.3, 0.4) is 0 Å². The Balaban J connectivity index is 2.44. The smallest absolute Gasteiger partial charge is 0.213 e. The highest BCUT2D eigenvalue weighted by Gasteiger charge is 2.15. The van der Waals surface area contributed by atoms with Gasteiger partial charge < -0.3 is 4.42 Å². The Morgan fingerprint density at radius 1 is 1.44 bits per heavy atom. The molecule has 1 atom stereocenters. The monoisotopic (exact) mass is 240 g/mol. The van der Waals surface area contributed by atoms with E-state index < -0.39 is 0 Å². The van der Waals surface area contributed by atoms with Gasteiger partial charge in [0.15, 0.2) is 5.76 Å². The van der Waals surface area contributed by atoms with E-state index in [1.54, 1.807) is 19.9 Å². The molecule has 0 aliphatic rings. The zero-order chi connectivity index (χ0) is 11.7. The zero-order valence-electron chi connectivity index (χ0n) is 8.87. The molecule has 1 unspecified atom stereocenters. The van der Waals surface area contributed by atoms with Gasteiger partial charge in [0.2, 0.25) is 5.89 Å². The van der Waals surface area contributed by atoms with E-state index in [2.05, 4.69) is 9.97 Å². The molecule has 0 fully saturated rings. The van der Waals surface area contributed by atoms with Crippen molar-refractivity contribution in [3.63, 3.8) is 0 Å². The van der Waals surface area contributed by atoms with Gasteiger partial charge in [-0.05, 0) is 26.0 Å². The predicted octanol–water partition coefficient (Wildman–Crippen LogP) is 3.48. The summed E-state index contributed by atoms with van der Waals surface area (Å²) in [7, 11) is 0. The number of oxazole rings is 1. The van der Waals surface area contributed by atoms with E-state index in [-0.39, 0.29) is 11.2 Å². The summed E-state index contributed by atoms with van der Waals surface area (Å²) in [5.41, 5.74) is 1.25. The Morgan fingerprint density at radius 3 is 2.69 bits per heavy atom. The summed E-state index contributed by atoms with van der Waals surface area (Å²) in [6.45, 7) is 3.57. The lowest BCUT2D eigenvalue weighted by Crippen LogP contribution is -1.84. The molecule has 0 aromatic carbocycles. The number of alkyl halides is 1. The SMILES string of the molecule is Cc1nc(C(C)Cl)oc1-c1ccc(F)cn1. The fourth-order valence-electron chi connectivity index (χ4n) is 1.34. The number of aryl methyl sites for hydroxylation is 1. The second kappa shape index (κ2) is 4.22. The van der Waals surface area contributed by atoms with Crippen molar-refractivity contribution in [3.8, 4) is 11.5 Å². The topological polar surface area (TPSA) is 38.9 Å². The van der Waals surface area contributed by atoms with Crippen LogP contribution < -0.4 is 0 Å². The van der Waals surface area contributed by atoms with E-state index in [9.17, 15) is 4.39 Å². The van der Waals surface area contributed by atoms with Crippen LogP contribution in [0.2, 0.25) is 0 Å². The molecule has 0 amide bonds. The first-order valence-corrected chi connectivity index (χ1v) is 5.25. The van der Waals surface area contributed by atoms with Crippen LogP contribution in [0.4, 0.5) is 4.39 Å². The van der Waals surface area contributed by atoms with E-state index in [1.165, 1.54) is 6.07 Å². The second-order valence-corrected chi connectivity index (χ2v) is 4.10. The molecule has 0 spiro atoms. The largest absolute Gasteiger partial charge is 0.437 e. The standard InChI is InChI=1S/C11H10ClFN2O/c1-6(12)11-15-7(2)10(16-11)9-4-3-8(13)5-14-9/h3-6H,1-2H3. The van der Waals surface area contributed by atoms with Crippen LogP contribution in [0.25, 0.3) is 11.5 Å². The maximum Gasteiger partial charge on any atom is 0.213 e. The first-order chi connectivity index (χ1) is 7.58. The van der Waals surface area contributed by atoms with Crippen LogP contribution in [-0.2, 0) is 0 Å². The Hall–Kier alpha value is -1.42. The molecule has 0 saturated carbocycles. The molecule has 0 saturated heterocycles. The molecule has 2 heterocycles. The van der Waals surface area contributed by atoms with E-state index >= 15 is 0 Å².